The summed E-state index contributed by atoms with van der Waals surface area (Å²) in [5.41, 5.74) is 2.93. The van der Waals surface area contributed by atoms with E-state index >= 15 is 0 Å². The number of hydrogen-bond acceptors (Lipinski definition) is 1. The zero-order chi connectivity index (χ0) is 8.55. The Hall–Kier alpha value is 0.390. The SMILES string of the molecule is Brc1c(I)ccc2c1CNCC2. The molecule has 0 spiro atoms. The number of hydrogen-bond donors (Lipinski definition) is 1. The molecule has 0 amide bonds. The highest BCUT2D eigenvalue weighted by atomic mass is 127. The summed E-state index contributed by atoms with van der Waals surface area (Å²) in [5, 5.41) is 3.38. The lowest BCUT2D eigenvalue weighted by molar-refractivity contribution is 0.641. The van der Waals surface area contributed by atoms with Crippen LogP contribution in [0.25, 0.3) is 0 Å². The number of rotatable bonds is 0. The summed E-state index contributed by atoms with van der Waals surface area (Å²) >= 11 is 5.97. The van der Waals surface area contributed by atoms with Gasteiger partial charge in [0, 0.05) is 14.6 Å². The van der Waals surface area contributed by atoms with E-state index in [-0.39, 0.29) is 0 Å². The Bertz CT molecular complexity index is 312. The number of halogens is 2. The van der Waals surface area contributed by atoms with Gasteiger partial charge >= 0.3 is 0 Å². The molecule has 0 aliphatic carbocycles. The molecule has 1 heterocycles. The van der Waals surface area contributed by atoms with E-state index in [1.807, 2.05) is 0 Å². The molecule has 0 aromatic heterocycles. The lowest BCUT2D eigenvalue weighted by Crippen LogP contribution is -2.24. The van der Waals surface area contributed by atoms with E-state index in [0.29, 0.717) is 0 Å². The van der Waals surface area contributed by atoms with Crippen LogP contribution in [0.2, 0.25) is 0 Å². The Balaban J connectivity index is 2.54. The minimum Gasteiger partial charge on any atom is -0.312 e. The topological polar surface area (TPSA) is 12.0 Å². The summed E-state index contributed by atoms with van der Waals surface area (Å²) in [6, 6.07) is 4.41. The fraction of sp³-hybridized carbons (Fsp3) is 0.333. The van der Waals surface area contributed by atoms with Crippen LogP contribution < -0.4 is 5.32 Å². The van der Waals surface area contributed by atoms with Gasteiger partial charge in [0.1, 0.15) is 0 Å². The molecule has 0 unspecified atom stereocenters. The van der Waals surface area contributed by atoms with Crippen LogP contribution in [-0.2, 0) is 13.0 Å². The van der Waals surface area contributed by atoms with Crippen LogP contribution in [0.15, 0.2) is 16.6 Å². The third kappa shape index (κ3) is 1.54. The predicted octanol–water partition coefficient (Wildman–Crippen LogP) is 2.70. The zero-order valence-corrected chi connectivity index (χ0v) is 10.3. The summed E-state index contributed by atoms with van der Waals surface area (Å²) in [5.74, 6) is 0. The van der Waals surface area contributed by atoms with E-state index in [9.17, 15) is 0 Å². The highest BCUT2D eigenvalue weighted by molar-refractivity contribution is 14.1. The van der Waals surface area contributed by atoms with Crippen LogP contribution in [0, 0.1) is 3.57 Å². The predicted molar refractivity (Wildman–Crippen MR) is 62.3 cm³/mol. The molecule has 0 atom stereocenters. The van der Waals surface area contributed by atoms with Gasteiger partial charge in [-0.05, 0) is 68.7 Å². The monoisotopic (exact) mass is 337 g/mol. The van der Waals surface area contributed by atoms with Crippen LogP contribution in [-0.4, -0.2) is 6.54 Å². The van der Waals surface area contributed by atoms with Crippen molar-refractivity contribution in [2.45, 2.75) is 13.0 Å². The van der Waals surface area contributed by atoms with Crippen LogP contribution in [0.5, 0.6) is 0 Å². The quantitative estimate of drug-likeness (QED) is 0.718. The highest BCUT2D eigenvalue weighted by Crippen LogP contribution is 2.28. The molecule has 2 rings (SSSR count). The normalized spacial score (nSPS) is 15.8. The van der Waals surface area contributed by atoms with Gasteiger partial charge in [0.05, 0.1) is 0 Å². The number of nitrogens with one attached hydrogen (secondary N) is 1. The van der Waals surface area contributed by atoms with E-state index in [1.165, 1.54) is 19.2 Å². The molecule has 0 saturated carbocycles. The maximum Gasteiger partial charge on any atom is 0.0356 e. The van der Waals surface area contributed by atoms with Gasteiger partial charge in [-0.25, -0.2) is 0 Å². The molecule has 1 aromatic rings. The van der Waals surface area contributed by atoms with Crippen molar-refractivity contribution in [2.24, 2.45) is 0 Å². The Morgan fingerprint density at radius 3 is 3.08 bits per heavy atom. The standard InChI is InChI=1S/C9H9BrIN/c10-9-7-5-12-4-3-6(7)1-2-8(9)11/h1-2,12H,3-5H2. The third-order valence-corrected chi connectivity index (χ3v) is 4.71. The molecule has 0 bridgehead atoms. The van der Waals surface area contributed by atoms with Crippen molar-refractivity contribution in [3.8, 4) is 0 Å². The van der Waals surface area contributed by atoms with E-state index in [2.05, 4.69) is 56.0 Å². The summed E-state index contributed by atoms with van der Waals surface area (Å²) in [6.07, 6.45) is 1.16. The van der Waals surface area contributed by atoms with Crippen molar-refractivity contribution in [1.82, 2.24) is 5.32 Å². The first kappa shape index (κ1) is 8.97. The molecular formula is C9H9BrIN. The summed E-state index contributed by atoms with van der Waals surface area (Å²) in [4.78, 5) is 0. The van der Waals surface area contributed by atoms with E-state index in [4.69, 9.17) is 0 Å². The van der Waals surface area contributed by atoms with Crippen molar-refractivity contribution >= 4 is 38.5 Å². The molecule has 0 radical (unpaired) electrons. The molecule has 64 valence electrons. The van der Waals surface area contributed by atoms with Crippen molar-refractivity contribution < 1.29 is 0 Å². The van der Waals surface area contributed by atoms with Crippen LogP contribution in [0.4, 0.5) is 0 Å². The molecule has 1 aliphatic heterocycles. The lowest BCUT2D eigenvalue weighted by Gasteiger charge is -2.18. The molecule has 1 N–H and O–H groups in total. The van der Waals surface area contributed by atoms with Gasteiger partial charge in [-0.2, -0.15) is 0 Å². The van der Waals surface area contributed by atoms with Crippen molar-refractivity contribution in [2.75, 3.05) is 6.54 Å². The maximum absolute atomic E-state index is 3.62. The fourth-order valence-electron chi connectivity index (χ4n) is 1.49. The van der Waals surface area contributed by atoms with Crippen LogP contribution in [0.3, 0.4) is 0 Å². The summed E-state index contributed by atoms with van der Waals surface area (Å²) in [6.45, 7) is 2.12. The van der Waals surface area contributed by atoms with Gasteiger partial charge in [0.25, 0.3) is 0 Å². The molecule has 1 aliphatic rings. The molecule has 3 heteroatoms. The summed E-state index contributed by atoms with van der Waals surface area (Å²) in [7, 11) is 0. The third-order valence-electron chi connectivity index (χ3n) is 2.17. The van der Waals surface area contributed by atoms with E-state index in [0.717, 1.165) is 19.5 Å². The molecule has 1 aromatic carbocycles. The second-order valence-electron chi connectivity index (χ2n) is 2.93. The first-order valence-corrected chi connectivity index (χ1v) is 5.82. The van der Waals surface area contributed by atoms with Crippen molar-refractivity contribution in [1.29, 1.82) is 0 Å². The number of fused-ring (bicyclic) bond motifs is 1. The average Bonchev–Trinajstić information content (AvgIpc) is 2.12. The molecule has 1 nitrogen and oxygen atoms in total. The molecule has 12 heavy (non-hydrogen) atoms. The fourth-order valence-corrected chi connectivity index (χ4v) is 2.53. The van der Waals surface area contributed by atoms with Gasteiger partial charge in [-0.15, -0.1) is 0 Å². The Morgan fingerprint density at radius 1 is 1.42 bits per heavy atom. The Morgan fingerprint density at radius 2 is 2.25 bits per heavy atom. The van der Waals surface area contributed by atoms with Crippen molar-refractivity contribution in [3.05, 3.63) is 31.3 Å². The zero-order valence-electron chi connectivity index (χ0n) is 6.53. The maximum atomic E-state index is 3.62. The van der Waals surface area contributed by atoms with Crippen LogP contribution >= 0.6 is 38.5 Å². The Kier molecular flexibility index (Phi) is 2.72. The van der Waals surface area contributed by atoms with Gasteiger partial charge in [-0.3, -0.25) is 0 Å². The van der Waals surface area contributed by atoms with E-state index < -0.39 is 0 Å². The first-order chi connectivity index (χ1) is 5.79. The van der Waals surface area contributed by atoms with Gasteiger partial charge < -0.3 is 5.32 Å². The molecule has 0 fully saturated rings. The minimum atomic E-state index is 1.01. The first-order valence-electron chi connectivity index (χ1n) is 3.95. The van der Waals surface area contributed by atoms with Gasteiger partial charge in [0.15, 0.2) is 0 Å². The summed E-state index contributed by atoms with van der Waals surface area (Å²) < 4.78 is 2.57. The smallest absolute Gasteiger partial charge is 0.0356 e. The number of benzene rings is 1. The largest absolute Gasteiger partial charge is 0.312 e. The molecular weight excluding hydrogens is 329 g/mol. The average molecular weight is 338 g/mol. The second kappa shape index (κ2) is 3.64. The van der Waals surface area contributed by atoms with Gasteiger partial charge in [-0.1, -0.05) is 6.07 Å². The van der Waals surface area contributed by atoms with Gasteiger partial charge in [0.2, 0.25) is 0 Å². The van der Waals surface area contributed by atoms with E-state index in [1.54, 1.807) is 0 Å². The molecule has 0 saturated heterocycles. The Labute approximate surface area is 94.2 Å². The lowest BCUT2D eigenvalue weighted by atomic mass is 10.0. The van der Waals surface area contributed by atoms with Crippen LogP contribution in [0.1, 0.15) is 11.1 Å². The minimum absolute atomic E-state index is 1.01. The second-order valence-corrected chi connectivity index (χ2v) is 4.88. The van der Waals surface area contributed by atoms with Crippen molar-refractivity contribution in [3.63, 3.8) is 0 Å². The highest BCUT2D eigenvalue weighted by Gasteiger charge is 2.12.